The van der Waals surface area contributed by atoms with E-state index in [0.717, 1.165) is 51.1 Å². The van der Waals surface area contributed by atoms with Gasteiger partial charge < -0.3 is 9.32 Å². The molecule has 5 heteroatoms. The van der Waals surface area contributed by atoms with Gasteiger partial charge in [-0.05, 0) is 56.2 Å². The summed E-state index contributed by atoms with van der Waals surface area (Å²) in [6.07, 6.45) is 0. The Balaban J connectivity index is 1.86. The van der Waals surface area contributed by atoms with Crippen molar-refractivity contribution in [2.75, 3.05) is 18.0 Å². The summed E-state index contributed by atoms with van der Waals surface area (Å²) < 4.78 is 6.96. The zero-order valence-electron chi connectivity index (χ0n) is 18.4. The monoisotopic (exact) mass is 440 g/mol. The number of hydrogen-bond acceptors (Lipinski definition) is 5. The molecule has 2 aromatic heterocycles. The highest BCUT2D eigenvalue weighted by Gasteiger charge is 2.22. The number of benzene rings is 3. The van der Waals surface area contributed by atoms with E-state index >= 15 is 0 Å². The second kappa shape index (κ2) is 8.24. The van der Waals surface area contributed by atoms with Crippen molar-refractivity contribution in [2.45, 2.75) is 20.8 Å². The molecule has 2 heterocycles. The molecule has 3 aromatic carbocycles. The summed E-state index contributed by atoms with van der Waals surface area (Å²) in [6, 6.07) is 22.3. The van der Waals surface area contributed by atoms with Crippen LogP contribution in [0.3, 0.4) is 0 Å². The minimum absolute atomic E-state index is 0.355. The van der Waals surface area contributed by atoms with Gasteiger partial charge in [-0.25, -0.2) is 9.78 Å². The van der Waals surface area contributed by atoms with Gasteiger partial charge in [-0.15, -0.1) is 11.3 Å². The van der Waals surface area contributed by atoms with E-state index in [0.29, 0.717) is 16.2 Å². The molecule has 0 radical (unpaired) electrons. The first-order valence-electron chi connectivity index (χ1n) is 10.9. The number of nitrogens with zero attached hydrogens (tertiary/aromatic N) is 2. The molecule has 0 N–H and O–H groups in total. The molecule has 0 amide bonds. The first-order valence-corrected chi connectivity index (χ1v) is 11.7. The van der Waals surface area contributed by atoms with E-state index in [1.165, 1.54) is 11.3 Å². The van der Waals surface area contributed by atoms with Gasteiger partial charge in [0.05, 0.1) is 10.2 Å². The van der Waals surface area contributed by atoms with Gasteiger partial charge in [0.25, 0.3) is 0 Å². The Hall–Kier alpha value is -3.44. The fourth-order valence-corrected chi connectivity index (χ4v) is 5.29. The molecule has 5 rings (SSSR count). The average molecular weight is 441 g/mol. The predicted molar refractivity (Wildman–Crippen MR) is 135 cm³/mol. The van der Waals surface area contributed by atoms with Crippen molar-refractivity contribution >= 4 is 38.2 Å². The van der Waals surface area contributed by atoms with Gasteiger partial charge in [0, 0.05) is 35.8 Å². The molecule has 160 valence electrons. The Labute approximate surface area is 190 Å². The number of rotatable bonds is 5. The maximum Gasteiger partial charge on any atom is 0.347 e. The van der Waals surface area contributed by atoms with E-state index in [2.05, 4.69) is 49.9 Å². The van der Waals surface area contributed by atoms with Crippen molar-refractivity contribution in [1.82, 2.24) is 4.98 Å². The summed E-state index contributed by atoms with van der Waals surface area (Å²) in [6.45, 7) is 8.10. The van der Waals surface area contributed by atoms with E-state index in [-0.39, 0.29) is 5.63 Å². The third-order valence-electron chi connectivity index (χ3n) is 5.94. The molecule has 0 aliphatic carbocycles. The van der Waals surface area contributed by atoms with Gasteiger partial charge in [0.15, 0.2) is 0 Å². The van der Waals surface area contributed by atoms with Crippen molar-refractivity contribution in [2.24, 2.45) is 0 Å². The van der Waals surface area contributed by atoms with E-state index < -0.39 is 0 Å². The van der Waals surface area contributed by atoms with Crippen LogP contribution in [0.1, 0.15) is 19.4 Å². The number of thiazole rings is 1. The Bertz CT molecular complexity index is 1460. The van der Waals surface area contributed by atoms with Crippen LogP contribution in [0.2, 0.25) is 0 Å². The van der Waals surface area contributed by atoms with E-state index in [1.54, 1.807) is 0 Å². The molecule has 0 saturated carbocycles. The lowest BCUT2D eigenvalue weighted by Crippen LogP contribution is -2.21. The summed E-state index contributed by atoms with van der Waals surface area (Å²) in [5.74, 6) is 0. The van der Waals surface area contributed by atoms with Gasteiger partial charge in [0.1, 0.15) is 16.2 Å². The summed E-state index contributed by atoms with van der Waals surface area (Å²) >= 11 is 1.52. The second-order valence-electron chi connectivity index (χ2n) is 7.79. The Morgan fingerprint density at radius 1 is 0.938 bits per heavy atom. The van der Waals surface area contributed by atoms with Gasteiger partial charge >= 0.3 is 5.63 Å². The van der Waals surface area contributed by atoms with Gasteiger partial charge in [-0.1, -0.05) is 36.4 Å². The molecule has 0 aliphatic rings. The van der Waals surface area contributed by atoms with Crippen molar-refractivity contribution in [3.05, 3.63) is 82.7 Å². The van der Waals surface area contributed by atoms with Crippen LogP contribution in [-0.4, -0.2) is 18.1 Å². The van der Waals surface area contributed by atoms with Crippen molar-refractivity contribution in [3.8, 4) is 21.7 Å². The molecule has 0 unspecified atom stereocenters. The highest BCUT2D eigenvalue weighted by atomic mass is 32.1. The summed E-state index contributed by atoms with van der Waals surface area (Å²) in [7, 11) is 0. The number of aryl methyl sites for hydroxylation is 1. The van der Waals surface area contributed by atoms with Crippen LogP contribution in [0.4, 0.5) is 5.69 Å². The summed E-state index contributed by atoms with van der Waals surface area (Å²) in [4.78, 5) is 20.5. The van der Waals surface area contributed by atoms with Crippen LogP contribution in [0.5, 0.6) is 0 Å². The predicted octanol–water partition coefficient (Wildman–Crippen LogP) is 6.89. The molecule has 0 saturated heterocycles. The van der Waals surface area contributed by atoms with Crippen LogP contribution in [0, 0.1) is 6.92 Å². The SMILES string of the molecule is CCN(CC)c1ccc2c(-c3ccccc3C)c(-c3nc4ccccc4s3)c(=O)oc2c1. The van der Waals surface area contributed by atoms with Crippen LogP contribution < -0.4 is 10.5 Å². The lowest BCUT2D eigenvalue weighted by Gasteiger charge is -2.21. The average Bonchev–Trinajstić information content (AvgIpc) is 3.23. The number of para-hydroxylation sites is 1. The third kappa shape index (κ3) is 3.39. The Morgan fingerprint density at radius 3 is 2.44 bits per heavy atom. The first-order chi connectivity index (χ1) is 15.6. The highest BCUT2D eigenvalue weighted by molar-refractivity contribution is 7.21. The van der Waals surface area contributed by atoms with Crippen LogP contribution in [0.15, 0.2) is 75.9 Å². The van der Waals surface area contributed by atoms with Crippen LogP contribution in [0.25, 0.3) is 42.9 Å². The third-order valence-corrected chi connectivity index (χ3v) is 7.00. The summed E-state index contributed by atoms with van der Waals surface area (Å²) in [5.41, 5.74) is 5.73. The molecule has 5 aromatic rings. The lowest BCUT2D eigenvalue weighted by molar-refractivity contribution is 0.564. The van der Waals surface area contributed by atoms with Gasteiger partial charge in [0.2, 0.25) is 0 Å². The number of hydrogen-bond donors (Lipinski definition) is 0. The van der Waals surface area contributed by atoms with Gasteiger partial charge in [-0.3, -0.25) is 0 Å². The zero-order chi connectivity index (χ0) is 22.2. The van der Waals surface area contributed by atoms with E-state index in [9.17, 15) is 4.79 Å². The number of anilines is 1. The van der Waals surface area contributed by atoms with Gasteiger partial charge in [-0.2, -0.15) is 0 Å². The molecule has 0 atom stereocenters. The van der Waals surface area contributed by atoms with E-state index in [4.69, 9.17) is 9.40 Å². The maximum atomic E-state index is 13.4. The largest absolute Gasteiger partial charge is 0.422 e. The molecule has 32 heavy (non-hydrogen) atoms. The number of fused-ring (bicyclic) bond motifs is 2. The first kappa shape index (κ1) is 20.5. The highest BCUT2D eigenvalue weighted by Crippen LogP contribution is 2.40. The van der Waals surface area contributed by atoms with Crippen molar-refractivity contribution in [3.63, 3.8) is 0 Å². The molecule has 0 spiro atoms. The standard InChI is InChI=1S/C27H24N2O2S/c1-4-29(5-2)18-14-15-20-22(16-18)31-27(30)25(24(20)19-11-7-6-10-17(19)3)26-28-21-12-8-9-13-23(21)32-26/h6-16H,4-5H2,1-3H3. The minimum atomic E-state index is -0.355. The molecule has 4 nitrogen and oxygen atoms in total. The second-order valence-corrected chi connectivity index (χ2v) is 8.82. The molecule has 0 bridgehead atoms. The molecule has 0 fully saturated rings. The fourth-order valence-electron chi connectivity index (χ4n) is 4.28. The smallest absolute Gasteiger partial charge is 0.347 e. The van der Waals surface area contributed by atoms with E-state index in [1.807, 2.05) is 42.5 Å². The summed E-state index contributed by atoms with van der Waals surface area (Å²) in [5, 5.41) is 1.61. The molecular weight excluding hydrogens is 416 g/mol. The minimum Gasteiger partial charge on any atom is -0.422 e. The Kier molecular flexibility index (Phi) is 5.27. The fraction of sp³-hybridized carbons (Fsp3) is 0.185. The number of aromatic nitrogens is 1. The van der Waals surface area contributed by atoms with Crippen molar-refractivity contribution in [1.29, 1.82) is 0 Å². The Morgan fingerprint density at radius 2 is 1.69 bits per heavy atom. The molecule has 0 aliphatic heterocycles. The lowest BCUT2D eigenvalue weighted by atomic mass is 9.94. The van der Waals surface area contributed by atoms with Crippen LogP contribution >= 0.6 is 11.3 Å². The topological polar surface area (TPSA) is 46.3 Å². The van der Waals surface area contributed by atoms with Crippen LogP contribution in [-0.2, 0) is 0 Å². The maximum absolute atomic E-state index is 13.4. The quantitative estimate of drug-likeness (QED) is 0.279. The zero-order valence-corrected chi connectivity index (χ0v) is 19.2. The van der Waals surface area contributed by atoms with Crippen molar-refractivity contribution < 1.29 is 4.42 Å². The normalized spacial score (nSPS) is 11.3. The molecular formula is C27H24N2O2S.